The normalized spacial score (nSPS) is 17.8. The number of ether oxygens (including phenoxy) is 3. The van der Waals surface area contributed by atoms with Crippen molar-refractivity contribution in [3.63, 3.8) is 0 Å². The Morgan fingerprint density at radius 1 is 0.981 bits per heavy atom. The van der Waals surface area contributed by atoms with Crippen LogP contribution in [0.1, 0.15) is 65.4 Å². The van der Waals surface area contributed by atoms with Gasteiger partial charge in [-0.3, -0.25) is 0 Å². The smallest absolute Gasteiger partial charge is 0.360 e. The van der Waals surface area contributed by atoms with E-state index in [9.17, 15) is 13.2 Å². The molecular weight excluding hydrogens is 710 g/mol. The summed E-state index contributed by atoms with van der Waals surface area (Å²) in [6, 6.07) is 23.1. The number of sulfonamides is 1. The van der Waals surface area contributed by atoms with Gasteiger partial charge in [0, 0.05) is 23.7 Å². The lowest BCUT2D eigenvalue weighted by Crippen LogP contribution is -2.40. The molecule has 9 nitrogen and oxygen atoms in total. The van der Waals surface area contributed by atoms with E-state index in [-0.39, 0.29) is 73.0 Å². The molecule has 278 valence electrons. The molecule has 1 aromatic heterocycles. The maximum Gasteiger partial charge on any atom is 0.360 e. The molecule has 1 fully saturated rings. The number of rotatable bonds is 14. The average Bonchev–Trinajstić information content (AvgIpc) is 3.83. The highest BCUT2D eigenvalue weighted by atomic mass is 32.2. The van der Waals surface area contributed by atoms with Crippen molar-refractivity contribution < 1.29 is 45.0 Å². The number of hydrogen-bond acceptors (Lipinski definition) is 8. The highest BCUT2D eigenvalue weighted by Gasteiger charge is 2.53. The Balaban J connectivity index is 1.39. The van der Waals surface area contributed by atoms with Gasteiger partial charge in [0.1, 0.15) is 30.6 Å². The minimum absolute atomic E-state index is 0.00616. The third-order valence-electron chi connectivity index (χ3n) is 9.52. The summed E-state index contributed by atoms with van der Waals surface area (Å²) in [6.45, 7) is 1.72. The number of nitrogens with zero attached hydrogens (tertiary/aromatic N) is 2. The molecule has 0 amide bonds. The number of alkyl halides is 1. The van der Waals surface area contributed by atoms with Crippen molar-refractivity contribution >= 4 is 16.0 Å². The van der Waals surface area contributed by atoms with E-state index < -0.39 is 45.3 Å². The Morgan fingerprint density at radius 2 is 1.74 bits per heavy atom. The third kappa shape index (κ3) is 8.11. The van der Waals surface area contributed by atoms with E-state index in [1.54, 1.807) is 31.2 Å². The largest absolute Gasteiger partial charge is 0.497 e. The maximum absolute atomic E-state index is 17.5. The molecule has 1 aliphatic rings. The number of carbonyl (C=O) groups is 1. The second-order valence-corrected chi connectivity index (χ2v) is 14.9. The third-order valence-corrected chi connectivity index (χ3v) is 10.8. The van der Waals surface area contributed by atoms with Crippen LogP contribution in [0.2, 0.25) is 0 Å². The van der Waals surface area contributed by atoms with Crippen molar-refractivity contribution in [2.75, 3.05) is 20.0 Å². The molecule has 0 unspecified atom stereocenters. The monoisotopic (exact) mass is 748 g/mol. The number of benzene rings is 4. The second-order valence-electron chi connectivity index (χ2n) is 13.0. The first-order chi connectivity index (χ1) is 25.4. The van der Waals surface area contributed by atoms with Crippen molar-refractivity contribution in [1.82, 2.24) is 9.29 Å². The molecule has 0 spiro atoms. The van der Waals surface area contributed by atoms with Crippen molar-refractivity contribution in [3.05, 3.63) is 137 Å². The average molecular weight is 749 g/mol. The van der Waals surface area contributed by atoms with Gasteiger partial charge in [-0.2, -0.15) is 4.31 Å². The van der Waals surface area contributed by atoms with Crippen LogP contribution in [0.5, 0.6) is 11.5 Å². The van der Waals surface area contributed by atoms with E-state index in [1.165, 1.54) is 41.7 Å². The highest BCUT2D eigenvalue weighted by Crippen LogP contribution is 2.53. The van der Waals surface area contributed by atoms with Crippen LogP contribution in [0.15, 0.2) is 102 Å². The fraction of sp³-hybridized carbons (Fsp3) is 0.300. The molecule has 4 aromatic carbocycles. The minimum atomic E-state index is -3.83. The summed E-state index contributed by atoms with van der Waals surface area (Å²) in [6.07, 6.45) is 0.434. The van der Waals surface area contributed by atoms with E-state index in [0.29, 0.717) is 11.3 Å². The molecule has 0 bridgehead atoms. The second kappa shape index (κ2) is 15.8. The van der Waals surface area contributed by atoms with Crippen LogP contribution < -0.4 is 9.47 Å². The SMILES string of the molecule is CCOC(=O)c1coc([C@@]2([C@H](F)c3ccc(F)c(-c4cccc(F)c4OCc4ccccc4)c3)CC[C@H](N(Cc3ccc(OC)cc3)S(C)(=O)=O)C2)n1. The fourth-order valence-electron chi connectivity index (χ4n) is 6.88. The molecule has 0 saturated heterocycles. The van der Waals surface area contributed by atoms with Gasteiger partial charge in [0.2, 0.25) is 15.9 Å². The molecule has 1 heterocycles. The molecule has 3 atom stereocenters. The number of carbonyl (C=O) groups excluding carboxylic acids is 1. The first kappa shape index (κ1) is 37.6. The number of methoxy groups -OCH3 is 1. The van der Waals surface area contributed by atoms with Gasteiger partial charge in [0.25, 0.3) is 0 Å². The number of esters is 1. The predicted molar refractivity (Wildman–Crippen MR) is 192 cm³/mol. The topological polar surface area (TPSA) is 108 Å². The van der Waals surface area contributed by atoms with Gasteiger partial charge in [0.05, 0.1) is 25.4 Å². The molecule has 6 rings (SSSR count). The zero-order valence-electron chi connectivity index (χ0n) is 29.4. The zero-order valence-corrected chi connectivity index (χ0v) is 30.2. The standard InChI is InChI=1S/C40H39F3N2O7S/c1-4-50-38(46)35-25-52-39(44-35)40(20-19-29(22-40)45(53(3,47)48)23-26-13-16-30(49-2)17-14-26)37(43)28-15-18-33(41)32(21-28)31-11-8-12-34(42)36(31)51-24-27-9-6-5-7-10-27/h5-18,21,25,29,37H,4,19-20,22-24H2,1-3H3/t29-,37+,40-/m0/s1. The van der Waals surface area contributed by atoms with E-state index in [4.69, 9.17) is 18.6 Å². The van der Waals surface area contributed by atoms with Gasteiger partial charge in [-0.15, -0.1) is 0 Å². The Bertz CT molecular complexity index is 2160. The van der Waals surface area contributed by atoms with Gasteiger partial charge >= 0.3 is 5.97 Å². The number of halogens is 3. The zero-order chi connectivity index (χ0) is 37.8. The lowest BCUT2D eigenvalue weighted by Gasteiger charge is -2.32. The quantitative estimate of drug-likeness (QED) is 0.104. The summed E-state index contributed by atoms with van der Waals surface area (Å²) in [5, 5.41) is 0. The summed E-state index contributed by atoms with van der Waals surface area (Å²) >= 11 is 0. The van der Waals surface area contributed by atoms with E-state index in [0.717, 1.165) is 24.1 Å². The molecule has 1 aliphatic carbocycles. The van der Waals surface area contributed by atoms with Crippen LogP contribution >= 0.6 is 0 Å². The van der Waals surface area contributed by atoms with Gasteiger partial charge in [-0.05, 0) is 73.2 Å². The Morgan fingerprint density at radius 3 is 2.43 bits per heavy atom. The van der Waals surface area contributed by atoms with Crippen molar-refractivity contribution in [2.24, 2.45) is 0 Å². The van der Waals surface area contributed by atoms with Gasteiger partial charge in [-0.25, -0.2) is 31.4 Å². The van der Waals surface area contributed by atoms with Crippen LogP contribution in [-0.2, 0) is 33.3 Å². The minimum Gasteiger partial charge on any atom is -0.497 e. The summed E-state index contributed by atoms with van der Waals surface area (Å²) in [7, 11) is -2.30. The molecule has 1 saturated carbocycles. The predicted octanol–water partition coefficient (Wildman–Crippen LogP) is 8.35. The van der Waals surface area contributed by atoms with E-state index in [2.05, 4.69) is 4.98 Å². The molecule has 0 N–H and O–H groups in total. The van der Waals surface area contributed by atoms with Crippen LogP contribution in [0.4, 0.5) is 13.2 Å². The van der Waals surface area contributed by atoms with Gasteiger partial charge in [0.15, 0.2) is 17.3 Å². The summed E-state index contributed by atoms with van der Waals surface area (Å²) in [4.78, 5) is 17.0. The highest BCUT2D eigenvalue weighted by molar-refractivity contribution is 7.88. The lowest BCUT2D eigenvalue weighted by molar-refractivity contribution is 0.0519. The Kier molecular flexibility index (Phi) is 11.2. The van der Waals surface area contributed by atoms with Gasteiger partial charge in [-0.1, -0.05) is 60.7 Å². The molecule has 0 aliphatic heterocycles. The van der Waals surface area contributed by atoms with E-state index >= 15 is 13.2 Å². The van der Waals surface area contributed by atoms with Crippen LogP contribution in [0.25, 0.3) is 11.1 Å². The van der Waals surface area contributed by atoms with Crippen molar-refractivity contribution in [1.29, 1.82) is 0 Å². The first-order valence-electron chi connectivity index (χ1n) is 17.1. The number of oxazole rings is 1. The summed E-state index contributed by atoms with van der Waals surface area (Å²) < 4.78 is 98.2. The number of hydrogen-bond donors (Lipinski definition) is 0. The number of para-hydroxylation sites is 1. The first-order valence-corrected chi connectivity index (χ1v) is 18.9. The molecule has 13 heteroatoms. The fourth-order valence-corrected chi connectivity index (χ4v) is 7.99. The van der Waals surface area contributed by atoms with Gasteiger partial charge < -0.3 is 18.6 Å². The molecular formula is C40H39F3N2O7S. The van der Waals surface area contributed by atoms with E-state index in [1.807, 2.05) is 30.3 Å². The Labute approximate surface area is 306 Å². The lowest BCUT2D eigenvalue weighted by atomic mass is 9.77. The summed E-state index contributed by atoms with van der Waals surface area (Å²) in [5.74, 6) is -1.95. The summed E-state index contributed by atoms with van der Waals surface area (Å²) in [5.41, 5.74) is -0.326. The van der Waals surface area contributed by atoms with Crippen LogP contribution in [0.3, 0.4) is 0 Å². The van der Waals surface area contributed by atoms with Crippen molar-refractivity contribution in [3.8, 4) is 22.6 Å². The number of aromatic nitrogens is 1. The van der Waals surface area contributed by atoms with Crippen LogP contribution in [0, 0.1) is 11.6 Å². The molecule has 0 radical (unpaired) electrons. The molecule has 53 heavy (non-hydrogen) atoms. The molecule has 5 aromatic rings. The van der Waals surface area contributed by atoms with Crippen molar-refractivity contribution in [2.45, 2.75) is 57.0 Å². The van der Waals surface area contributed by atoms with Crippen LogP contribution in [-0.4, -0.2) is 49.7 Å². The maximum atomic E-state index is 17.5. The Hall–Kier alpha value is -5.14.